The van der Waals surface area contributed by atoms with Crippen molar-refractivity contribution in [2.45, 2.75) is 19.4 Å². The number of nitrogens with one attached hydrogen (secondary N) is 1. The monoisotopic (exact) mass is 516 g/mol. The molecule has 1 unspecified atom stereocenters. The molecule has 0 bridgehead atoms. The highest BCUT2D eigenvalue weighted by molar-refractivity contribution is 8.16. The van der Waals surface area contributed by atoms with Gasteiger partial charge in [0.05, 0.1) is 36.9 Å². The van der Waals surface area contributed by atoms with Crippen LogP contribution in [-0.4, -0.2) is 72.8 Å². The third-order valence-electron chi connectivity index (χ3n) is 5.93. The molecule has 1 N–H and O–H groups in total. The van der Waals surface area contributed by atoms with E-state index in [9.17, 15) is 9.59 Å². The number of benzene rings is 1. The molecule has 0 aromatic heterocycles. The summed E-state index contributed by atoms with van der Waals surface area (Å²) in [4.78, 5) is 34.8. The Morgan fingerprint density at radius 1 is 1.31 bits per heavy atom. The molecule has 186 valence electrons. The number of aliphatic imine (C=N–C) groups is 1. The lowest BCUT2D eigenvalue weighted by molar-refractivity contribution is -0.138. The van der Waals surface area contributed by atoms with Gasteiger partial charge in [0.2, 0.25) is 5.91 Å². The number of hydrogen-bond acceptors (Lipinski definition) is 8. The molecule has 0 aliphatic carbocycles. The second kappa shape index (κ2) is 11.9. The molecule has 35 heavy (non-hydrogen) atoms. The lowest BCUT2D eigenvalue weighted by Crippen LogP contribution is -2.42. The van der Waals surface area contributed by atoms with Crippen LogP contribution in [0.4, 0.5) is 0 Å². The van der Waals surface area contributed by atoms with Gasteiger partial charge in [0.1, 0.15) is 6.61 Å². The number of hydrogen-bond donors (Lipinski definition) is 1. The van der Waals surface area contributed by atoms with Gasteiger partial charge in [0, 0.05) is 36.9 Å². The Bertz CT molecular complexity index is 1060. The molecule has 1 atom stereocenters. The van der Waals surface area contributed by atoms with Crippen LogP contribution in [-0.2, 0) is 19.1 Å². The molecule has 1 amide bonds. The topological polar surface area (TPSA) is 83.5 Å². The number of fused-ring (bicyclic) bond motifs is 1. The summed E-state index contributed by atoms with van der Waals surface area (Å²) in [6, 6.07) is 6.85. The standard InChI is InChI=1S/C25H29ClN4O4S/c1-3-12-34-24(32)22-17(2)28-25-30(23(22)18-4-6-19(26)7-5-18)20(16-35-25)15-21(31)27-8-9-29-10-13-33-14-11-29/h3-7,16,23H,1,8-15H2,2H3,(H,27,31). The maximum absolute atomic E-state index is 13.1. The summed E-state index contributed by atoms with van der Waals surface area (Å²) >= 11 is 7.57. The number of amidine groups is 1. The molecule has 0 saturated carbocycles. The van der Waals surface area contributed by atoms with Crippen LogP contribution in [0.3, 0.4) is 0 Å². The highest BCUT2D eigenvalue weighted by atomic mass is 35.5. The van der Waals surface area contributed by atoms with Crippen molar-refractivity contribution >= 4 is 40.4 Å². The number of morpholine rings is 1. The lowest BCUT2D eigenvalue weighted by Gasteiger charge is -2.36. The van der Waals surface area contributed by atoms with E-state index in [0.29, 0.717) is 22.8 Å². The molecule has 3 heterocycles. The van der Waals surface area contributed by atoms with Crippen molar-refractivity contribution in [2.24, 2.45) is 4.99 Å². The molecular weight excluding hydrogens is 488 g/mol. The second-order valence-electron chi connectivity index (χ2n) is 8.31. The fraction of sp³-hybridized carbons (Fsp3) is 0.400. The van der Waals surface area contributed by atoms with E-state index in [-0.39, 0.29) is 18.9 Å². The SMILES string of the molecule is C=CCOC(=O)C1=C(C)N=C2SC=C(CC(=O)NCCN3CCOCC3)N2C1c1ccc(Cl)cc1. The Kier molecular flexibility index (Phi) is 8.67. The van der Waals surface area contributed by atoms with Crippen LogP contribution in [0.5, 0.6) is 0 Å². The summed E-state index contributed by atoms with van der Waals surface area (Å²) in [5.74, 6) is -0.542. The molecule has 8 nitrogen and oxygen atoms in total. The zero-order chi connectivity index (χ0) is 24.8. The largest absolute Gasteiger partial charge is 0.458 e. The summed E-state index contributed by atoms with van der Waals surface area (Å²) in [5, 5.41) is 6.26. The summed E-state index contributed by atoms with van der Waals surface area (Å²) < 4.78 is 10.8. The van der Waals surface area contributed by atoms with E-state index in [2.05, 4.69) is 21.8 Å². The smallest absolute Gasteiger partial charge is 0.338 e. The van der Waals surface area contributed by atoms with Crippen LogP contribution in [0.1, 0.15) is 24.9 Å². The van der Waals surface area contributed by atoms with Gasteiger partial charge in [-0.2, -0.15) is 0 Å². The molecule has 4 rings (SSSR count). The molecular formula is C25H29ClN4O4S. The zero-order valence-corrected chi connectivity index (χ0v) is 21.2. The Labute approximate surface area is 214 Å². The molecule has 0 radical (unpaired) electrons. The van der Waals surface area contributed by atoms with Gasteiger partial charge in [-0.05, 0) is 30.0 Å². The number of carbonyl (C=O) groups excluding carboxylic acids is 2. The van der Waals surface area contributed by atoms with Crippen LogP contribution in [0.2, 0.25) is 5.02 Å². The maximum Gasteiger partial charge on any atom is 0.338 e. The van der Waals surface area contributed by atoms with Crippen molar-refractivity contribution in [3.05, 3.63) is 69.9 Å². The first-order valence-electron chi connectivity index (χ1n) is 11.5. The van der Waals surface area contributed by atoms with E-state index >= 15 is 0 Å². The van der Waals surface area contributed by atoms with Crippen molar-refractivity contribution < 1.29 is 19.1 Å². The van der Waals surface area contributed by atoms with Crippen molar-refractivity contribution in [1.29, 1.82) is 0 Å². The minimum atomic E-state index is -0.487. The summed E-state index contributed by atoms with van der Waals surface area (Å²) in [6.07, 6.45) is 1.70. The third kappa shape index (κ3) is 6.16. The number of nitrogens with zero attached hydrogens (tertiary/aromatic N) is 3. The minimum Gasteiger partial charge on any atom is -0.458 e. The Balaban J connectivity index is 1.51. The number of thioether (sulfide) groups is 1. The quantitative estimate of drug-likeness (QED) is 0.397. The van der Waals surface area contributed by atoms with E-state index in [1.54, 1.807) is 19.1 Å². The Morgan fingerprint density at radius 2 is 2.06 bits per heavy atom. The van der Waals surface area contributed by atoms with Gasteiger partial charge in [-0.3, -0.25) is 9.69 Å². The van der Waals surface area contributed by atoms with Crippen molar-refractivity contribution in [3.8, 4) is 0 Å². The number of allylic oxidation sites excluding steroid dienone is 1. The first-order valence-corrected chi connectivity index (χ1v) is 12.8. The van der Waals surface area contributed by atoms with E-state index in [1.807, 2.05) is 22.4 Å². The second-order valence-corrected chi connectivity index (χ2v) is 9.59. The summed E-state index contributed by atoms with van der Waals surface area (Å²) in [7, 11) is 0. The highest BCUT2D eigenvalue weighted by Gasteiger charge is 2.41. The predicted molar refractivity (Wildman–Crippen MR) is 138 cm³/mol. The average Bonchev–Trinajstić information content (AvgIpc) is 3.24. The average molecular weight is 517 g/mol. The fourth-order valence-electron chi connectivity index (χ4n) is 4.21. The highest BCUT2D eigenvalue weighted by Crippen LogP contribution is 2.44. The molecule has 1 aromatic rings. The van der Waals surface area contributed by atoms with Crippen LogP contribution >= 0.6 is 23.4 Å². The van der Waals surface area contributed by atoms with Crippen molar-refractivity contribution in [3.63, 3.8) is 0 Å². The molecule has 1 fully saturated rings. The lowest BCUT2D eigenvalue weighted by atomic mass is 9.94. The van der Waals surface area contributed by atoms with Crippen molar-refractivity contribution in [1.82, 2.24) is 15.1 Å². The number of rotatable bonds is 9. The Morgan fingerprint density at radius 3 is 2.77 bits per heavy atom. The summed E-state index contributed by atoms with van der Waals surface area (Å²) in [5.41, 5.74) is 2.65. The van der Waals surface area contributed by atoms with Crippen LogP contribution in [0.25, 0.3) is 0 Å². The van der Waals surface area contributed by atoms with Gasteiger partial charge < -0.3 is 19.7 Å². The van der Waals surface area contributed by atoms with E-state index in [4.69, 9.17) is 21.1 Å². The Hall–Kier alpha value is -2.59. The zero-order valence-electron chi connectivity index (χ0n) is 19.7. The molecule has 0 spiro atoms. The third-order valence-corrected chi connectivity index (χ3v) is 7.07. The first-order chi connectivity index (χ1) is 17.0. The molecule has 3 aliphatic heterocycles. The van der Waals surface area contributed by atoms with Crippen LogP contribution in [0.15, 0.2) is 64.3 Å². The summed E-state index contributed by atoms with van der Waals surface area (Å²) in [6.45, 7) is 10.1. The van der Waals surface area contributed by atoms with E-state index in [0.717, 1.165) is 49.3 Å². The molecule has 1 aromatic carbocycles. The van der Waals surface area contributed by atoms with Gasteiger partial charge in [0.15, 0.2) is 5.17 Å². The van der Waals surface area contributed by atoms with Gasteiger partial charge in [-0.15, -0.1) is 0 Å². The molecule has 10 heteroatoms. The predicted octanol–water partition coefficient (Wildman–Crippen LogP) is 3.48. The van der Waals surface area contributed by atoms with Crippen LogP contribution in [0, 0.1) is 0 Å². The maximum atomic E-state index is 13.1. The fourth-order valence-corrected chi connectivity index (χ4v) is 5.30. The minimum absolute atomic E-state index is 0.0803. The number of carbonyl (C=O) groups is 2. The number of esters is 1. The van der Waals surface area contributed by atoms with Gasteiger partial charge >= 0.3 is 5.97 Å². The number of ether oxygens (including phenoxy) is 2. The van der Waals surface area contributed by atoms with E-state index in [1.165, 1.54) is 17.8 Å². The van der Waals surface area contributed by atoms with Crippen LogP contribution < -0.4 is 5.32 Å². The first kappa shape index (κ1) is 25.5. The molecule has 1 saturated heterocycles. The van der Waals surface area contributed by atoms with E-state index < -0.39 is 12.0 Å². The van der Waals surface area contributed by atoms with Gasteiger partial charge in [0.25, 0.3) is 0 Å². The van der Waals surface area contributed by atoms with Gasteiger partial charge in [-0.25, -0.2) is 9.79 Å². The number of amides is 1. The van der Waals surface area contributed by atoms with Gasteiger partial charge in [-0.1, -0.05) is 48.2 Å². The normalized spacial score (nSPS) is 20.2. The molecule has 3 aliphatic rings. The van der Waals surface area contributed by atoms with Crippen molar-refractivity contribution in [2.75, 3.05) is 46.0 Å². The number of halogens is 1.